The number of nitrogens with one attached hydrogen (secondary N) is 1. The van der Waals surface area contributed by atoms with Crippen molar-refractivity contribution in [2.24, 2.45) is 5.92 Å². The van der Waals surface area contributed by atoms with Crippen LogP contribution in [0.3, 0.4) is 0 Å². The van der Waals surface area contributed by atoms with Crippen molar-refractivity contribution in [1.29, 1.82) is 0 Å². The summed E-state index contributed by atoms with van der Waals surface area (Å²) in [5, 5.41) is 3.61. The molecule has 0 saturated carbocycles. The zero-order valence-electron chi connectivity index (χ0n) is 12.3. The monoisotopic (exact) mass is 250 g/mol. The Kier molecular flexibility index (Phi) is 4.13. The maximum Gasteiger partial charge on any atom is 0.105 e. The number of hydrogen-bond acceptors (Lipinski definition) is 3. The van der Waals surface area contributed by atoms with Gasteiger partial charge < -0.3 is 9.73 Å². The van der Waals surface area contributed by atoms with Crippen molar-refractivity contribution >= 4 is 0 Å². The summed E-state index contributed by atoms with van der Waals surface area (Å²) in [6, 6.07) is 3.24. The molecule has 2 atom stereocenters. The van der Waals surface area contributed by atoms with Gasteiger partial charge >= 0.3 is 0 Å². The Labute approximate surface area is 111 Å². The molecule has 1 aromatic rings. The smallest absolute Gasteiger partial charge is 0.105 e. The average Bonchev–Trinajstić information content (AvgIpc) is 2.67. The van der Waals surface area contributed by atoms with E-state index in [1.807, 2.05) is 6.92 Å². The van der Waals surface area contributed by atoms with Crippen molar-refractivity contribution < 1.29 is 4.42 Å². The molecular weight excluding hydrogens is 224 g/mol. The lowest BCUT2D eigenvalue weighted by Gasteiger charge is -2.39. The number of hydrogen-bond donors (Lipinski definition) is 1. The topological polar surface area (TPSA) is 28.4 Å². The van der Waals surface area contributed by atoms with Gasteiger partial charge in [-0.05, 0) is 32.8 Å². The molecule has 0 bridgehead atoms. The number of piperazine rings is 1. The minimum Gasteiger partial charge on any atom is -0.466 e. The van der Waals surface area contributed by atoms with E-state index in [2.05, 4.69) is 44.0 Å². The second-order valence-electron chi connectivity index (χ2n) is 5.84. The SMILES string of the molecule is Cc1cc(C(C)N2CCNC(C(C)C)C2)c(C)o1. The van der Waals surface area contributed by atoms with Crippen LogP contribution in [0.1, 0.15) is 43.9 Å². The maximum absolute atomic E-state index is 5.66. The average molecular weight is 250 g/mol. The Morgan fingerprint density at radius 2 is 2.06 bits per heavy atom. The number of furan rings is 1. The molecule has 0 aromatic carbocycles. The molecule has 102 valence electrons. The standard InChI is InChI=1S/C15H26N2O/c1-10(2)15-9-17(7-6-16-15)12(4)14-8-11(3)18-13(14)5/h8,10,12,15-16H,6-7,9H2,1-5H3. The highest BCUT2D eigenvalue weighted by Gasteiger charge is 2.27. The fourth-order valence-electron chi connectivity index (χ4n) is 2.86. The van der Waals surface area contributed by atoms with Crippen LogP contribution in [0.2, 0.25) is 0 Å². The van der Waals surface area contributed by atoms with Crippen LogP contribution in [0, 0.1) is 19.8 Å². The zero-order valence-corrected chi connectivity index (χ0v) is 12.3. The number of aryl methyl sites for hydroxylation is 2. The molecule has 1 fully saturated rings. The van der Waals surface area contributed by atoms with Crippen LogP contribution in [-0.2, 0) is 0 Å². The van der Waals surface area contributed by atoms with Crippen LogP contribution in [-0.4, -0.2) is 30.6 Å². The lowest BCUT2D eigenvalue weighted by atomic mass is 9.99. The van der Waals surface area contributed by atoms with E-state index in [9.17, 15) is 0 Å². The molecule has 1 saturated heterocycles. The van der Waals surface area contributed by atoms with Crippen molar-refractivity contribution in [3.63, 3.8) is 0 Å². The predicted molar refractivity (Wildman–Crippen MR) is 74.8 cm³/mol. The fraction of sp³-hybridized carbons (Fsp3) is 0.733. The third-order valence-corrected chi connectivity index (χ3v) is 4.12. The molecular formula is C15H26N2O. The second kappa shape index (κ2) is 5.45. The summed E-state index contributed by atoms with van der Waals surface area (Å²) >= 11 is 0. The third-order valence-electron chi connectivity index (χ3n) is 4.12. The van der Waals surface area contributed by atoms with Gasteiger partial charge in [0, 0.05) is 37.3 Å². The highest BCUT2D eigenvalue weighted by atomic mass is 16.3. The molecule has 0 radical (unpaired) electrons. The quantitative estimate of drug-likeness (QED) is 0.894. The van der Waals surface area contributed by atoms with Crippen LogP contribution < -0.4 is 5.32 Å². The summed E-state index contributed by atoms with van der Waals surface area (Å²) in [5.41, 5.74) is 1.34. The molecule has 1 aliphatic rings. The van der Waals surface area contributed by atoms with E-state index in [1.54, 1.807) is 0 Å². The van der Waals surface area contributed by atoms with Crippen molar-refractivity contribution in [1.82, 2.24) is 10.2 Å². The van der Waals surface area contributed by atoms with Crippen LogP contribution in [0.5, 0.6) is 0 Å². The first-order chi connectivity index (χ1) is 8.49. The van der Waals surface area contributed by atoms with Gasteiger partial charge in [-0.25, -0.2) is 0 Å². The van der Waals surface area contributed by atoms with Gasteiger partial charge in [0.1, 0.15) is 11.5 Å². The van der Waals surface area contributed by atoms with Gasteiger partial charge in [-0.1, -0.05) is 13.8 Å². The lowest BCUT2D eigenvalue weighted by molar-refractivity contribution is 0.134. The summed E-state index contributed by atoms with van der Waals surface area (Å²) in [6.45, 7) is 14.3. The number of nitrogens with zero attached hydrogens (tertiary/aromatic N) is 1. The van der Waals surface area contributed by atoms with E-state index in [4.69, 9.17) is 4.42 Å². The number of rotatable bonds is 3. The molecule has 0 spiro atoms. The van der Waals surface area contributed by atoms with E-state index >= 15 is 0 Å². The first kappa shape index (κ1) is 13.6. The summed E-state index contributed by atoms with van der Waals surface area (Å²) in [7, 11) is 0. The molecule has 1 aromatic heterocycles. The Balaban J connectivity index is 2.09. The van der Waals surface area contributed by atoms with Crippen LogP contribution in [0.4, 0.5) is 0 Å². The van der Waals surface area contributed by atoms with Gasteiger partial charge in [-0.2, -0.15) is 0 Å². The molecule has 1 N–H and O–H groups in total. The Morgan fingerprint density at radius 1 is 1.33 bits per heavy atom. The molecule has 0 amide bonds. The van der Waals surface area contributed by atoms with Crippen molar-refractivity contribution in [2.75, 3.05) is 19.6 Å². The van der Waals surface area contributed by atoms with Gasteiger partial charge in [0.25, 0.3) is 0 Å². The van der Waals surface area contributed by atoms with Crippen molar-refractivity contribution in [3.8, 4) is 0 Å². The molecule has 2 unspecified atom stereocenters. The van der Waals surface area contributed by atoms with Crippen molar-refractivity contribution in [3.05, 3.63) is 23.2 Å². The summed E-state index contributed by atoms with van der Waals surface area (Å²) in [5.74, 6) is 2.77. The molecule has 2 heterocycles. The predicted octanol–water partition coefficient (Wildman–Crippen LogP) is 2.89. The normalized spacial score (nSPS) is 23.6. The third kappa shape index (κ3) is 2.78. The van der Waals surface area contributed by atoms with Crippen molar-refractivity contribution in [2.45, 2.75) is 46.7 Å². The Bertz CT molecular complexity index is 397. The van der Waals surface area contributed by atoms with Gasteiger partial charge in [0.2, 0.25) is 0 Å². The van der Waals surface area contributed by atoms with E-state index in [0.29, 0.717) is 18.0 Å². The van der Waals surface area contributed by atoms with E-state index in [1.165, 1.54) is 5.56 Å². The lowest BCUT2D eigenvalue weighted by Crippen LogP contribution is -2.53. The molecule has 1 aliphatic heterocycles. The minimum absolute atomic E-state index is 0.450. The highest BCUT2D eigenvalue weighted by Crippen LogP contribution is 2.27. The van der Waals surface area contributed by atoms with Gasteiger partial charge in [-0.3, -0.25) is 4.90 Å². The van der Waals surface area contributed by atoms with E-state index < -0.39 is 0 Å². The van der Waals surface area contributed by atoms with Gasteiger partial charge in [-0.15, -0.1) is 0 Å². The molecule has 18 heavy (non-hydrogen) atoms. The van der Waals surface area contributed by atoms with Gasteiger partial charge in [0.05, 0.1) is 0 Å². The van der Waals surface area contributed by atoms with Crippen LogP contribution in [0.15, 0.2) is 10.5 Å². The van der Waals surface area contributed by atoms with Crippen LogP contribution in [0.25, 0.3) is 0 Å². The maximum atomic E-state index is 5.66. The van der Waals surface area contributed by atoms with E-state index in [-0.39, 0.29) is 0 Å². The summed E-state index contributed by atoms with van der Waals surface area (Å²) in [6.07, 6.45) is 0. The van der Waals surface area contributed by atoms with Crippen LogP contribution >= 0.6 is 0 Å². The molecule has 3 heteroatoms. The Hall–Kier alpha value is -0.800. The molecule has 3 nitrogen and oxygen atoms in total. The molecule has 0 aliphatic carbocycles. The van der Waals surface area contributed by atoms with Gasteiger partial charge in [0.15, 0.2) is 0 Å². The summed E-state index contributed by atoms with van der Waals surface area (Å²) < 4.78 is 5.66. The Morgan fingerprint density at radius 3 is 2.61 bits per heavy atom. The summed E-state index contributed by atoms with van der Waals surface area (Å²) in [4.78, 5) is 2.57. The minimum atomic E-state index is 0.450. The largest absolute Gasteiger partial charge is 0.466 e. The molecule has 2 rings (SSSR count). The van der Waals surface area contributed by atoms with E-state index in [0.717, 1.165) is 31.2 Å². The highest BCUT2D eigenvalue weighted by molar-refractivity contribution is 5.23. The fourth-order valence-corrected chi connectivity index (χ4v) is 2.86. The zero-order chi connectivity index (χ0) is 13.3. The first-order valence-corrected chi connectivity index (χ1v) is 7.03. The first-order valence-electron chi connectivity index (χ1n) is 7.03. The second-order valence-corrected chi connectivity index (χ2v) is 5.84.